The van der Waals surface area contributed by atoms with E-state index in [-0.39, 0.29) is 32.7 Å². The van der Waals surface area contributed by atoms with Crippen LogP contribution in [0.15, 0.2) is 16.9 Å². The molecule has 0 bridgehead atoms. The molecule has 26 heavy (non-hydrogen) atoms. The van der Waals surface area contributed by atoms with E-state index in [4.69, 9.17) is 33.7 Å². The monoisotopic (exact) mass is 411 g/mol. The van der Waals surface area contributed by atoms with Crippen molar-refractivity contribution < 1.29 is 9.53 Å². The summed E-state index contributed by atoms with van der Waals surface area (Å²) < 4.78 is 5.39. The third-order valence-corrected chi connectivity index (χ3v) is 5.67. The Morgan fingerprint density at radius 3 is 2.73 bits per heavy atom. The lowest BCUT2D eigenvalue weighted by Crippen LogP contribution is -2.18. The number of halogens is 2. The Morgan fingerprint density at radius 2 is 2.04 bits per heavy atom. The summed E-state index contributed by atoms with van der Waals surface area (Å²) in [5.41, 5.74) is 6.59. The van der Waals surface area contributed by atoms with Crippen LogP contribution >= 0.6 is 34.5 Å². The predicted octanol–water partition coefficient (Wildman–Crippen LogP) is 4.41. The number of benzene rings is 1. The number of nitrogens with two attached hydrogens (primary N) is 1. The Balaban J connectivity index is 1.93. The fraction of sp³-hybridized carbons (Fsp3) is 0.235. The van der Waals surface area contributed by atoms with E-state index in [1.54, 1.807) is 6.92 Å². The van der Waals surface area contributed by atoms with E-state index >= 15 is 0 Å². The van der Waals surface area contributed by atoms with Crippen molar-refractivity contribution in [2.24, 2.45) is 0 Å². The summed E-state index contributed by atoms with van der Waals surface area (Å²) >= 11 is 13.3. The van der Waals surface area contributed by atoms with Crippen molar-refractivity contribution in [3.8, 4) is 0 Å². The van der Waals surface area contributed by atoms with Gasteiger partial charge in [-0.25, -0.2) is 9.78 Å². The molecule has 2 heterocycles. The number of thiophene rings is 1. The number of H-pyrrole nitrogens is 1. The van der Waals surface area contributed by atoms with Gasteiger partial charge in [-0.1, -0.05) is 23.2 Å². The summed E-state index contributed by atoms with van der Waals surface area (Å²) in [4.78, 5) is 33.5. The van der Waals surface area contributed by atoms with Crippen LogP contribution in [0, 0.1) is 13.8 Å². The standard InChI is InChI=1S/C17H15Cl2N3O3S/c1-6-8(3)26-16-12(6)15(23)21-14(22-16)7(2)25-17(24)10-4-9(18)5-11(19)13(10)20/h4-5,7H,20H2,1-3H3,(H,21,22,23)/t7-/m0/s1. The lowest BCUT2D eigenvalue weighted by atomic mass is 10.2. The van der Waals surface area contributed by atoms with E-state index < -0.39 is 12.1 Å². The number of carbonyl (C=O) groups excluding carboxylic acids is 1. The zero-order valence-electron chi connectivity index (χ0n) is 14.1. The van der Waals surface area contributed by atoms with Crippen LogP contribution in [0.4, 0.5) is 5.69 Å². The summed E-state index contributed by atoms with van der Waals surface area (Å²) in [5, 5.41) is 0.983. The van der Waals surface area contributed by atoms with Crippen LogP contribution in [0.3, 0.4) is 0 Å². The van der Waals surface area contributed by atoms with Gasteiger partial charge in [0.25, 0.3) is 5.56 Å². The van der Waals surface area contributed by atoms with Crippen LogP contribution in [0.1, 0.15) is 39.7 Å². The van der Waals surface area contributed by atoms with Gasteiger partial charge in [0, 0.05) is 9.90 Å². The number of nitrogen functional groups attached to an aromatic ring is 1. The number of ether oxygens (including phenoxy) is 1. The van der Waals surface area contributed by atoms with Crippen molar-refractivity contribution in [3.05, 3.63) is 54.4 Å². The number of carbonyl (C=O) groups is 1. The first-order valence-corrected chi connectivity index (χ1v) is 9.21. The van der Waals surface area contributed by atoms with Gasteiger partial charge in [0.05, 0.1) is 21.7 Å². The van der Waals surface area contributed by atoms with Gasteiger partial charge in [0.2, 0.25) is 0 Å². The zero-order valence-corrected chi connectivity index (χ0v) is 16.5. The molecule has 1 atom stereocenters. The number of anilines is 1. The van der Waals surface area contributed by atoms with Gasteiger partial charge < -0.3 is 15.5 Å². The molecule has 0 spiro atoms. The number of aromatic amines is 1. The summed E-state index contributed by atoms with van der Waals surface area (Å²) in [7, 11) is 0. The lowest BCUT2D eigenvalue weighted by molar-refractivity contribution is 0.0321. The molecule has 0 amide bonds. The van der Waals surface area contributed by atoms with Crippen molar-refractivity contribution in [2.75, 3.05) is 5.73 Å². The smallest absolute Gasteiger partial charge is 0.341 e. The summed E-state index contributed by atoms with van der Waals surface area (Å²) in [6, 6.07) is 2.82. The van der Waals surface area contributed by atoms with E-state index in [0.717, 1.165) is 10.4 Å². The molecule has 136 valence electrons. The van der Waals surface area contributed by atoms with Crippen LogP contribution in [0.5, 0.6) is 0 Å². The van der Waals surface area contributed by atoms with Gasteiger partial charge in [0.15, 0.2) is 11.9 Å². The molecular formula is C17H15Cl2N3O3S. The van der Waals surface area contributed by atoms with Crippen molar-refractivity contribution in [1.29, 1.82) is 0 Å². The van der Waals surface area contributed by atoms with Crippen LogP contribution in [0.2, 0.25) is 10.0 Å². The average Bonchev–Trinajstić information content (AvgIpc) is 2.85. The second-order valence-electron chi connectivity index (χ2n) is 5.81. The summed E-state index contributed by atoms with van der Waals surface area (Å²) in [5.74, 6) is -0.454. The highest BCUT2D eigenvalue weighted by atomic mass is 35.5. The number of rotatable bonds is 3. The molecule has 0 aliphatic rings. The molecular weight excluding hydrogens is 397 g/mol. The SMILES string of the molecule is Cc1sc2nc([C@H](C)OC(=O)c3cc(Cl)cc(Cl)c3N)[nH]c(=O)c2c1C. The number of aryl methyl sites for hydroxylation is 2. The first-order valence-electron chi connectivity index (χ1n) is 7.64. The Morgan fingerprint density at radius 1 is 1.35 bits per heavy atom. The van der Waals surface area contributed by atoms with Crippen molar-refractivity contribution in [1.82, 2.24) is 9.97 Å². The first-order chi connectivity index (χ1) is 12.2. The highest BCUT2D eigenvalue weighted by molar-refractivity contribution is 7.18. The van der Waals surface area contributed by atoms with Crippen LogP contribution in [-0.4, -0.2) is 15.9 Å². The topological polar surface area (TPSA) is 98.1 Å². The number of fused-ring (bicyclic) bond motifs is 1. The minimum atomic E-state index is -0.792. The van der Waals surface area contributed by atoms with Crippen LogP contribution in [0.25, 0.3) is 10.2 Å². The number of nitrogens with zero attached hydrogens (tertiary/aromatic N) is 1. The second-order valence-corrected chi connectivity index (χ2v) is 7.86. The van der Waals surface area contributed by atoms with Crippen LogP contribution < -0.4 is 11.3 Å². The third-order valence-electron chi connectivity index (χ3n) is 4.04. The molecule has 0 saturated carbocycles. The maximum atomic E-state index is 12.4. The average molecular weight is 412 g/mol. The Labute approximate surface area is 162 Å². The van der Waals surface area contributed by atoms with Crippen molar-refractivity contribution in [3.63, 3.8) is 0 Å². The second kappa shape index (κ2) is 6.90. The van der Waals surface area contributed by atoms with E-state index in [2.05, 4.69) is 9.97 Å². The normalized spacial score (nSPS) is 12.3. The predicted molar refractivity (Wildman–Crippen MR) is 104 cm³/mol. The molecule has 0 saturated heterocycles. The van der Waals surface area contributed by atoms with Crippen LogP contribution in [-0.2, 0) is 4.74 Å². The molecule has 0 aliphatic heterocycles. The summed E-state index contributed by atoms with van der Waals surface area (Å²) in [6.45, 7) is 5.41. The molecule has 3 N–H and O–H groups in total. The van der Waals surface area contributed by atoms with E-state index in [0.29, 0.717) is 10.2 Å². The third kappa shape index (κ3) is 3.30. The minimum absolute atomic E-state index is 0.0561. The van der Waals surface area contributed by atoms with Gasteiger partial charge in [-0.15, -0.1) is 11.3 Å². The van der Waals surface area contributed by atoms with Crippen molar-refractivity contribution in [2.45, 2.75) is 26.9 Å². The lowest BCUT2D eigenvalue weighted by Gasteiger charge is -2.14. The molecule has 3 aromatic rings. The number of aromatic nitrogens is 2. The molecule has 1 aromatic carbocycles. The van der Waals surface area contributed by atoms with E-state index in [9.17, 15) is 9.59 Å². The number of esters is 1. The maximum Gasteiger partial charge on any atom is 0.341 e. The van der Waals surface area contributed by atoms with Gasteiger partial charge in [-0.05, 0) is 38.5 Å². The fourth-order valence-corrected chi connectivity index (χ4v) is 4.03. The fourth-order valence-electron chi connectivity index (χ4n) is 2.50. The van der Waals surface area contributed by atoms with Gasteiger partial charge in [0.1, 0.15) is 4.83 Å². The molecule has 0 unspecified atom stereocenters. The maximum absolute atomic E-state index is 12.4. The number of nitrogens with one attached hydrogen (secondary N) is 1. The largest absolute Gasteiger partial charge is 0.451 e. The van der Waals surface area contributed by atoms with Gasteiger partial charge in [-0.2, -0.15) is 0 Å². The van der Waals surface area contributed by atoms with E-state index in [1.165, 1.54) is 23.5 Å². The Bertz CT molecular complexity index is 1090. The highest BCUT2D eigenvalue weighted by Gasteiger charge is 2.21. The molecule has 3 rings (SSSR count). The zero-order chi connectivity index (χ0) is 19.2. The van der Waals surface area contributed by atoms with Crippen molar-refractivity contribution >= 4 is 56.4 Å². The number of hydrogen-bond acceptors (Lipinski definition) is 6. The molecule has 0 aliphatic carbocycles. The minimum Gasteiger partial charge on any atom is -0.451 e. The number of hydrogen-bond donors (Lipinski definition) is 2. The van der Waals surface area contributed by atoms with Gasteiger partial charge >= 0.3 is 5.97 Å². The van der Waals surface area contributed by atoms with Gasteiger partial charge in [-0.3, -0.25) is 4.79 Å². The Hall–Kier alpha value is -2.09. The molecule has 2 aromatic heterocycles. The molecule has 0 radical (unpaired) electrons. The summed E-state index contributed by atoms with van der Waals surface area (Å²) in [6.07, 6.45) is -0.792. The molecule has 9 heteroatoms. The first kappa shape index (κ1) is 18.7. The molecule has 6 nitrogen and oxygen atoms in total. The quantitative estimate of drug-likeness (QED) is 0.491. The molecule has 0 fully saturated rings. The highest BCUT2D eigenvalue weighted by Crippen LogP contribution is 2.30. The Kier molecular flexibility index (Phi) is 4.96. The van der Waals surface area contributed by atoms with E-state index in [1.807, 2.05) is 13.8 Å².